The normalized spacial score (nSPS) is 14.2. The van der Waals surface area contributed by atoms with Crippen LogP contribution in [0.15, 0.2) is 23.4 Å². The third-order valence-corrected chi connectivity index (χ3v) is 4.33. The van der Waals surface area contributed by atoms with E-state index in [0.29, 0.717) is 16.2 Å². The molecule has 0 atom stereocenters. The molecular weight excluding hydrogens is 310 g/mol. The number of hydrogen-bond acceptors (Lipinski definition) is 5. The smallest absolute Gasteiger partial charge is 0.234 e. The minimum Gasteiger partial charge on any atom is -0.325 e. The fourth-order valence-electron chi connectivity index (χ4n) is 1.87. The van der Waals surface area contributed by atoms with Gasteiger partial charge in [0.05, 0.1) is 11.8 Å². The van der Waals surface area contributed by atoms with Gasteiger partial charge in [0.25, 0.3) is 0 Å². The molecule has 8 heteroatoms. The maximum atomic E-state index is 12.0. The lowest BCUT2D eigenvalue weighted by Crippen LogP contribution is -2.15. The molecule has 0 aliphatic heterocycles. The van der Waals surface area contributed by atoms with E-state index in [9.17, 15) is 4.79 Å². The zero-order valence-electron chi connectivity index (χ0n) is 11.4. The molecule has 6 nitrogen and oxygen atoms in total. The summed E-state index contributed by atoms with van der Waals surface area (Å²) in [6.45, 7) is 1.92. The standard InChI is InChI=1S/C13H14ClN5OS/c1-8-2-3-9(14)6-11(8)15-12(20)7-21-13-16-17-18-19(13)10-4-5-10/h2-3,6,10H,4-5,7H2,1H3,(H,15,20). The molecule has 0 spiro atoms. The van der Waals surface area contributed by atoms with Crippen molar-refractivity contribution in [1.29, 1.82) is 0 Å². The molecule has 1 N–H and O–H groups in total. The van der Waals surface area contributed by atoms with E-state index in [-0.39, 0.29) is 11.7 Å². The van der Waals surface area contributed by atoms with Gasteiger partial charge < -0.3 is 5.32 Å². The quantitative estimate of drug-likeness (QED) is 0.856. The van der Waals surface area contributed by atoms with Gasteiger partial charge in [-0.2, -0.15) is 0 Å². The van der Waals surface area contributed by atoms with Gasteiger partial charge in [0.2, 0.25) is 11.1 Å². The van der Waals surface area contributed by atoms with Gasteiger partial charge in [-0.05, 0) is 47.9 Å². The summed E-state index contributed by atoms with van der Waals surface area (Å²) in [5.41, 5.74) is 1.70. The molecule has 21 heavy (non-hydrogen) atoms. The summed E-state index contributed by atoms with van der Waals surface area (Å²) >= 11 is 7.28. The Morgan fingerprint density at radius 2 is 2.33 bits per heavy atom. The first-order valence-electron chi connectivity index (χ1n) is 6.60. The van der Waals surface area contributed by atoms with Crippen LogP contribution >= 0.6 is 23.4 Å². The molecule has 1 saturated carbocycles. The van der Waals surface area contributed by atoms with Crippen molar-refractivity contribution in [3.8, 4) is 0 Å². The summed E-state index contributed by atoms with van der Waals surface area (Å²) in [5.74, 6) is 0.162. The number of halogens is 1. The first-order valence-corrected chi connectivity index (χ1v) is 7.96. The van der Waals surface area contributed by atoms with E-state index in [1.54, 1.807) is 16.8 Å². The van der Waals surface area contributed by atoms with Crippen LogP contribution in [0.4, 0.5) is 5.69 Å². The highest BCUT2D eigenvalue weighted by Gasteiger charge is 2.28. The van der Waals surface area contributed by atoms with Crippen molar-refractivity contribution in [3.05, 3.63) is 28.8 Å². The Morgan fingerprint density at radius 1 is 1.52 bits per heavy atom. The SMILES string of the molecule is Cc1ccc(Cl)cc1NC(=O)CSc1nnnn1C1CC1. The lowest BCUT2D eigenvalue weighted by atomic mass is 10.2. The van der Waals surface area contributed by atoms with Crippen molar-refractivity contribution in [1.82, 2.24) is 20.2 Å². The fourth-order valence-corrected chi connectivity index (χ4v) is 2.79. The number of tetrazole rings is 1. The van der Waals surface area contributed by atoms with Gasteiger partial charge in [-0.1, -0.05) is 29.4 Å². The van der Waals surface area contributed by atoms with Crippen LogP contribution in [0.2, 0.25) is 5.02 Å². The third-order valence-electron chi connectivity index (χ3n) is 3.16. The van der Waals surface area contributed by atoms with Crippen LogP contribution in [0.3, 0.4) is 0 Å². The van der Waals surface area contributed by atoms with Crippen molar-refractivity contribution in [3.63, 3.8) is 0 Å². The number of nitrogens with one attached hydrogen (secondary N) is 1. The fraction of sp³-hybridized carbons (Fsp3) is 0.385. The second kappa shape index (κ2) is 6.03. The second-order valence-corrected chi connectivity index (χ2v) is 6.31. The van der Waals surface area contributed by atoms with Gasteiger partial charge in [-0.15, -0.1) is 5.10 Å². The largest absolute Gasteiger partial charge is 0.325 e. The number of hydrogen-bond donors (Lipinski definition) is 1. The molecule has 1 aliphatic carbocycles. The van der Waals surface area contributed by atoms with Crippen LogP contribution in [0.25, 0.3) is 0 Å². The van der Waals surface area contributed by atoms with Gasteiger partial charge in [0, 0.05) is 10.7 Å². The van der Waals surface area contributed by atoms with Crippen LogP contribution in [0.5, 0.6) is 0 Å². The first kappa shape index (κ1) is 14.3. The predicted molar refractivity (Wildman–Crippen MR) is 81.6 cm³/mol. The van der Waals surface area contributed by atoms with Crippen LogP contribution in [-0.4, -0.2) is 31.9 Å². The van der Waals surface area contributed by atoms with E-state index in [2.05, 4.69) is 20.8 Å². The summed E-state index contributed by atoms with van der Waals surface area (Å²) in [4.78, 5) is 12.0. The molecule has 3 rings (SSSR count). The molecule has 2 aromatic rings. The number of aryl methyl sites for hydroxylation is 1. The zero-order valence-corrected chi connectivity index (χ0v) is 13.0. The number of thioether (sulfide) groups is 1. The highest BCUT2D eigenvalue weighted by Crippen LogP contribution is 2.36. The third kappa shape index (κ3) is 3.54. The number of anilines is 1. The first-order chi connectivity index (χ1) is 10.1. The Bertz CT molecular complexity index is 670. The number of nitrogens with zero attached hydrogens (tertiary/aromatic N) is 4. The average molecular weight is 324 g/mol. The number of rotatable bonds is 5. The van der Waals surface area contributed by atoms with E-state index in [0.717, 1.165) is 24.1 Å². The highest BCUT2D eigenvalue weighted by molar-refractivity contribution is 7.99. The molecule has 1 aromatic carbocycles. The van der Waals surface area contributed by atoms with Crippen molar-refractivity contribution < 1.29 is 4.79 Å². The summed E-state index contributed by atoms with van der Waals surface area (Å²) in [5, 5.41) is 15.7. The average Bonchev–Trinajstić information content (AvgIpc) is 3.19. The molecular formula is C13H14ClN5OS. The number of aromatic nitrogens is 4. The molecule has 1 heterocycles. The van der Waals surface area contributed by atoms with E-state index in [1.807, 2.05) is 13.0 Å². The molecule has 0 saturated heterocycles. The Balaban J connectivity index is 1.59. The number of amides is 1. The van der Waals surface area contributed by atoms with E-state index in [1.165, 1.54) is 11.8 Å². The zero-order chi connectivity index (χ0) is 14.8. The summed E-state index contributed by atoms with van der Waals surface area (Å²) in [7, 11) is 0. The predicted octanol–water partition coefficient (Wildman–Crippen LogP) is 2.70. The van der Waals surface area contributed by atoms with E-state index < -0.39 is 0 Å². The molecule has 0 bridgehead atoms. The van der Waals surface area contributed by atoms with Crippen LogP contribution in [0.1, 0.15) is 24.4 Å². The van der Waals surface area contributed by atoms with Gasteiger partial charge >= 0.3 is 0 Å². The molecule has 1 aliphatic rings. The van der Waals surface area contributed by atoms with Gasteiger partial charge in [0.1, 0.15) is 0 Å². The minimum absolute atomic E-state index is 0.101. The lowest BCUT2D eigenvalue weighted by Gasteiger charge is -2.08. The Hall–Kier alpha value is -1.60. The van der Waals surface area contributed by atoms with Gasteiger partial charge in [0.15, 0.2) is 0 Å². The molecule has 1 aromatic heterocycles. The van der Waals surface area contributed by atoms with Crippen LogP contribution < -0.4 is 5.32 Å². The molecule has 0 unspecified atom stereocenters. The maximum Gasteiger partial charge on any atom is 0.234 e. The van der Waals surface area contributed by atoms with Crippen molar-refractivity contribution in [2.75, 3.05) is 11.1 Å². The summed E-state index contributed by atoms with van der Waals surface area (Å²) < 4.78 is 1.79. The minimum atomic E-state index is -0.101. The molecule has 0 radical (unpaired) electrons. The van der Waals surface area contributed by atoms with Crippen LogP contribution in [0, 0.1) is 6.92 Å². The Labute approximate surface area is 131 Å². The van der Waals surface area contributed by atoms with Crippen molar-refractivity contribution >= 4 is 35.0 Å². The van der Waals surface area contributed by atoms with E-state index >= 15 is 0 Å². The van der Waals surface area contributed by atoms with Crippen molar-refractivity contribution in [2.24, 2.45) is 0 Å². The van der Waals surface area contributed by atoms with Gasteiger partial charge in [-0.25, -0.2) is 4.68 Å². The van der Waals surface area contributed by atoms with E-state index in [4.69, 9.17) is 11.6 Å². The summed E-state index contributed by atoms with van der Waals surface area (Å²) in [6, 6.07) is 5.82. The number of carbonyl (C=O) groups excluding carboxylic acids is 1. The Kier molecular flexibility index (Phi) is 4.12. The second-order valence-electron chi connectivity index (χ2n) is 4.93. The molecule has 1 amide bonds. The Morgan fingerprint density at radius 3 is 3.10 bits per heavy atom. The number of benzene rings is 1. The maximum absolute atomic E-state index is 12.0. The monoisotopic (exact) mass is 323 g/mol. The topological polar surface area (TPSA) is 72.7 Å². The lowest BCUT2D eigenvalue weighted by molar-refractivity contribution is -0.113. The number of carbonyl (C=O) groups is 1. The molecule has 110 valence electrons. The molecule has 1 fully saturated rings. The van der Waals surface area contributed by atoms with Crippen LogP contribution in [-0.2, 0) is 4.79 Å². The summed E-state index contributed by atoms with van der Waals surface area (Å²) in [6.07, 6.45) is 2.21. The van der Waals surface area contributed by atoms with Gasteiger partial charge in [-0.3, -0.25) is 4.79 Å². The van der Waals surface area contributed by atoms with Crippen molar-refractivity contribution in [2.45, 2.75) is 31.0 Å². The highest BCUT2D eigenvalue weighted by atomic mass is 35.5.